The molecule has 0 aromatic rings. The fourth-order valence-electron chi connectivity index (χ4n) is 3.34. The number of esters is 2. The minimum Gasteiger partial charge on any atom is -0.426 e. The molecule has 0 aliphatic heterocycles. The van der Waals surface area contributed by atoms with Crippen molar-refractivity contribution < 1.29 is 38.9 Å². The van der Waals surface area contributed by atoms with Gasteiger partial charge in [0, 0.05) is 33.1 Å². The summed E-state index contributed by atoms with van der Waals surface area (Å²) in [5, 5.41) is 20.7. The molecule has 1 unspecified atom stereocenters. The molecule has 33 heavy (non-hydrogen) atoms. The first kappa shape index (κ1) is 30.9. The van der Waals surface area contributed by atoms with Crippen molar-refractivity contribution >= 4 is 24.0 Å². The van der Waals surface area contributed by atoms with Gasteiger partial charge < -0.3 is 24.5 Å². The Bertz CT molecular complexity index is 616. The summed E-state index contributed by atoms with van der Waals surface area (Å²) in [5.74, 6) is -1.60. The van der Waals surface area contributed by atoms with Crippen molar-refractivity contribution in [1.29, 1.82) is 0 Å². The fraction of sp³-hybridized carbons (Fsp3) is 0.760. The summed E-state index contributed by atoms with van der Waals surface area (Å²) in [4.78, 5) is 45.9. The Labute approximate surface area is 197 Å². The number of rotatable bonds is 20. The topological polar surface area (TPSA) is 127 Å². The number of aldehydes is 1. The van der Waals surface area contributed by atoms with Crippen molar-refractivity contribution in [3.8, 4) is 0 Å². The molecule has 0 bridgehead atoms. The van der Waals surface area contributed by atoms with Gasteiger partial charge in [0.2, 0.25) is 6.29 Å². The zero-order valence-corrected chi connectivity index (χ0v) is 20.4. The molecule has 0 saturated heterocycles. The zero-order chi connectivity index (χ0) is 25.1. The third-order valence-corrected chi connectivity index (χ3v) is 5.30. The highest BCUT2D eigenvalue weighted by atomic mass is 16.7. The molecule has 2 N–H and O–H groups in total. The van der Waals surface area contributed by atoms with E-state index in [4.69, 9.17) is 4.74 Å². The molecule has 0 saturated carbocycles. The van der Waals surface area contributed by atoms with Gasteiger partial charge >= 0.3 is 11.9 Å². The zero-order valence-electron chi connectivity index (χ0n) is 20.4. The van der Waals surface area contributed by atoms with Gasteiger partial charge in [-0.25, -0.2) is 4.79 Å². The quantitative estimate of drug-likeness (QED) is 0.0900. The van der Waals surface area contributed by atoms with Gasteiger partial charge in [0.1, 0.15) is 18.2 Å². The van der Waals surface area contributed by atoms with Crippen LogP contribution < -0.4 is 0 Å². The lowest BCUT2D eigenvalue weighted by Gasteiger charge is -2.28. The number of aliphatic hydroxyl groups is 2. The molecule has 0 aliphatic rings. The van der Waals surface area contributed by atoms with E-state index in [2.05, 4.69) is 11.7 Å². The van der Waals surface area contributed by atoms with Crippen LogP contribution in [0, 0.1) is 0 Å². The predicted octanol–water partition coefficient (Wildman–Crippen LogP) is 3.95. The van der Waals surface area contributed by atoms with Crippen LogP contribution in [0.15, 0.2) is 12.2 Å². The SMILES string of the molecule is CCCCCCCC(=O)CCCCCC/C=C/[C@H](O)[C@@](O)(CC=O)C(=O)OC(C)OC(C)=O. The Morgan fingerprint density at radius 3 is 2.06 bits per heavy atom. The molecule has 3 atom stereocenters. The van der Waals surface area contributed by atoms with Crippen molar-refractivity contribution in [2.45, 2.75) is 122 Å². The summed E-state index contributed by atoms with van der Waals surface area (Å²) < 4.78 is 9.49. The largest absolute Gasteiger partial charge is 0.426 e. The van der Waals surface area contributed by atoms with Crippen LogP contribution in [0.5, 0.6) is 0 Å². The van der Waals surface area contributed by atoms with Crippen LogP contribution in [-0.2, 0) is 28.7 Å². The molecule has 0 aromatic carbocycles. The van der Waals surface area contributed by atoms with Gasteiger partial charge in [-0.15, -0.1) is 0 Å². The second kappa shape index (κ2) is 18.4. The van der Waals surface area contributed by atoms with Crippen molar-refractivity contribution in [2.75, 3.05) is 0 Å². The van der Waals surface area contributed by atoms with Gasteiger partial charge in [-0.1, -0.05) is 57.6 Å². The summed E-state index contributed by atoms with van der Waals surface area (Å²) in [6.45, 7) is 4.58. The van der Waals surface area contributed by atoms with E-state index in [-0.39, 0.29) is 0 Å². The van der Waals surface area contributed by atoms with Crippen molar-refractivity contribution in [2.24, 2.45) is 0 Å². The van der Waals surface area contributed by atoms with Crippen LogP contribution in [0.25, 0.3) is 0 Å². The van der Waals surface area contributed by atoms with E-state index in [1.807, 2.05) is 0 Å². The van der Waals surface area contributed by atoms with Gasteiger partial charge in [-0.3, -0.25) is 9.59 Å². The van der Waals surface area contributed by atoms with Crippen LogP contribution in [0.3, 0.4) is 0 Å². The van der Waals surface area contributed by atoms with E-state index in [0.29, 0.717) is 31.3 Å². The lowest BCUT2D eigenvalue weighted by Crippen LogP contribution is -2.51. The Hall–Kier alpha value is -2.06. The van der Waals surface area contributed by atoms with Gasteiger partial charge in [-0.05, 0) is 25.7 Å². The predicted molar refractivity (Wildman–Crippen MR) is 124 cm³/mol. The number of hydrogen-bond donors (Lipinski definition) is 2. The summed E-state index contributed by atoms with van der Waals surface area (Å²) in [6, 6.07) is 0. The van der Waals surface area contributed by atoms with Crippen LogP contribution in [0.4, 0.5) is 0 Å². The van der Waals surface area contributed by atoms with E-state index in [1.165, 1.54) is 32.3 Å². The highest BCUT2D eigenvalue weighted by molar-refractivity contribution is 5.83. The molecule has 8 heteroatoms. The highest BCUT2D eigenvalue weighted by Crippen LogP contribution is 2.20. The second-order valence-corrected chi connectivity index (χ2v) is 8.41. The number of allylic oxidation sites excluding steroid dienone is 1. The molecule has 0 spiro atoms. The fourth-order valence-corrected chi connectivity index (χ4v) is 3.34. The third kappa shape index (κ3) is 14.7. The van der Waals surface area contributed by atoms with Gasteiger partial charge in [0.25, 0.3) is 0 Å². The Kier molecular flexibility index (Phi) is 17.2. The van der Waals surface area contributed by atoms with E-state index in [9.17, 15) is 29.4 Å². The summed E-state index contributed by atoms with van der Waals surface area (Å²) in [5.41, 5.74) is -2.47. The first-order valence-electron chi connectivity index (χ1n) is 12.1. The number of hydrogen-bond acceptors (Lipinski definition) is 8. The normalized spacial score (nSPS) is 14.9. The van der Waals surface area contributed by atoms with Crippen LogP contribution in [0.1, 0.15) is 104 Å². The van der Waals surface area contributed by atoms with Gasteiger partial charge in [0.15, 0.2) is 5.60 Å². The summed E-state index contributed by atoms with van der Waals surface area (Å²) in [7, 11) is 0. The maximum atomic E-state index is 12.2. The first-order valence-corrected chi connectivity index (χ1v) is 12.1. The minimum atomic E-state index is -2.47. The third-order valence-electron chi connectivity index (χ3n) is 5.30. The number of carbonyl (C=O) groups is 4. The maximum absolute atomic E-state index is 12.2. The number of carbonyl (C=O) groups excluding carboxylic acids is 4. The smallest absolute Gasteiger partial charge is 0.344 e. The standard InChI is InChI=1S/C25H42O8/c1-4-5-6-9-12-15-22(28)16-13-10-7-8-11-14-17-23(29)25(31,18-19-26)24(30)33-21(3)32-20(2)27/h14,17,19,21,23,29,31H,4-13,15-16,18H2,1-3H3/b17-14+/t21?,23-,25-/m0/s1. The van der Waals surface area contributed by atoms with Crippen molar-refractivity contribution in [3.05, 3.63) is 12.2 Å². The molecule has 8 nitrogen and oxygen atoms in total. The molecule has 0 radical (unpaired) electrons. The van der Waals surface area contributed by atoms with E-state index < -0.39 is 36.4 Å². The maximum Gasteiger partial charge on any atom is 0.344 e. The molecule has 0 aromatic heterocycles. The van der Waals surface area contributed by atoms with Gasteiger partial charge in [0.05, 0.1) is 0 Å². The Balaban J connectivity index is 4.22. The number of ketones is 1. The lowest BCUT2D eigenvalue weighted by atomic mass is 9.92. The van der Waals surface area contributed by atoms with Gasteiger partial charge in [-0.2, -0.15) is 0 Å². The minimum absolute atomic E-state index is 0.307. The van der Waals surface area contributed by atoms with Crippen molar-refractivity contribution in [3.63, 3.8) is 0 Å². The molecule has 0 fully saturated rings. The van der Waals surface area contributed by atoms with Crippen LogP contribution in [0.2, 0.25) is 0 Å². The average molecular weight is 471 g/mol. The molecular formula is C25H42O8. The summed E-state index contributed by atoms with van der Waals surface area (Å²) >= 11 is 0. The van der Waals surface area contributed by atoms with E-state index in [1.54, 1.807) is 6.08 Å². The van der Waals surface area contributed by atoms with Crippen LogP contribution >= 0.6 is 0 Å². The lowest BCUT2D eigenvalue weighted by molar-refractivity contribution is -0.203. The molecular weight excluding hydrogens is 428 g/mol. The van der Waals surface area contributed by atoms with E-state index >= 15 is 0 Å². The molecule has 0 aliphatic carbocycles. The second-order valence-electron chi connectivity index (χ2n) is 8.41. The highest BCUT2D eigenvalue weighted by Gasteiger charge is 2.44. The monoisotopic (exact) mass is 470 g/mol. The Morgan fingerprint density at radius 2 is 1.52 bits per heavy atom. The van der Waals surface area contributed by atoms with E-state index in [0.717, 1.165) is 45.4 Å². The number of aliphatic hydroxyl groups excluding tert-OH is 1. The molecule has 0 rings (SSSR count). The summed E-state index contributed by atoms with van der Waals surface area (Å²) in [6.07, 6.45) is 10.8. The number of ether oxygens (including phenoxy) is 2. The first-order chi connectivity index (χ1) is 15.7. The van der Waals surface area contributed by atoms with Crippen LogP contribution in [-0.4, -0.2) is 52.2 Å². The number of Topliss-reactive ketones (excluding diaryl/α,β-unsaturated/α-hetero) is 1. The average Bonchev–Trinajstić information content (AvgIpc) is 2.74. The molecule has 0 heterocycles. The molecule has 0 amide bonds. The Morgan fingerprint density at radius 1 is 0.939 bits per heavy atom. The van der Waals surface area contributed by atoms with Crippen molar-refractivity contribution in [1.82, 2.24) is 0 Å². The molecule has 190 valence electrons. The number of unbranched alkanes of at least 4 members (excludes halogenated alkanes) is 8.